The molecule has 0 amide bonds. The van der Waals surface area contributed by atoms with E-state index in [4.69, 9.17) is 9.47 Å². The van der Waals surface area contributed by atoms with Crippen molar-refractivity contribution >= 4 is 11.7 Å². The lowest BCUT2D eigenvalue weighted by Gasteiger charge is -2.24. The smallest absolute Gasteiger partial charge is 0.308 e. The third-order valence-corrected chi connectivity index (χ3v) is 5.05. The topological polar surface area (TPSA) is 47.6 Å². The van der Waals surface area contributed by atoms with Gasteiger partial charge in [0.1, 0.15) is 5.75 Å². The van der Waals surface area contributed by atoms with Crippen molar-refractivity contribution in [1.29, 1.82) is 0 Å². The van der Waals surface area contributed by atoms with Gasteiger partial charge in [-0.25, -0.2) is 0 Å². The highest BCUT2D eigenvalue weighted by molar-refractivity contribution is 5.78. The first-order valence-electron chi connectivity index (χ1n) is 9.75. The molecule has 150 valence electrons. The van der Waals surface area contributed by atoms with Crippen LogP contribution in [0.1, 0.15) is 24.9 Å². The Kier molecular flexibility index (Phi) is 6.90. The fraction of sp³-hybridized carbons (Fsp3) is 0.240. The number of hydrogen-bond acceptors (Lipinski definition) is 4. The molecular formula is C25H27NO3. The summed E-state index contributed by atoms with van der Waals surface area (Å²) in [6, 6.07) is 26.4. The van der Waals surface area contributed by atoms with Gasteiger partial charge in [-0.05, 0) is 35.7 Å². The third-order valence-electron chi connectivity index (χ3n) is 5.05. The van der Waals surface area contributed by atoms with Gasteiger partial charge in [-0.2, -0.15) is 0 Å². The Labute approximate surface area is 172 Å². The maximum Gasteiger partial charge on any atom is 0.308 e. The Morgan fingerprint density at radius 3 is 2.21 bits per heavy atom. The van der Waals surface area contributed by atoms with Crippen molar-refractivity contribution < 1.29 is 14.3 Å². The van der Waals surface area contributed by atoms with E-state index < -0.39 is 0 Å². The van der Waals surface area contributed by atoms with E-state index in [1.807, 2.05) is 61.5 Å². The number of ether oxygens (including phenoxy) is 2. The number of carbonyl (C=O) groups excluding carboxylic acids is 1. The molecule has 0 saturated heterocycles. The van der Waals surface area contributed by atoms with Crippen LogP contribution in [-0.2, 0) is 9.53 Å². The molecule has 0 unspecified atom stereocenters. The minimum absolute atomic E-state index is 0.0557. The number of hydrogen-bond donors (Lipinski definition) is 1. The summed E-state index contributed by atoms with van der Waals surface area (Å²) < 4.78 is 10.2. The standard InChI is InChI=1S/C25H27NO3/c1-18(25(27)29-3)17-24(20-13-15-21(28-2)16-14-20)26-23-12-8-7-11-22(23)19-9-5-4-6-10-19/h4-16,18,24,26H,17H2,1-3H3/t18-,24+/m1/s1. The van der Waals surface area contributed by atoms with Crippen LogP contribution < -0.4 is 10.1 Å². The fourth-order valence-electron chi connectivity index (χ4n) is 3.43. The van der Waals surface area contributed by atoms with Crippen molar-refractivity contribution in [2.75, 3.05) is 19.5 Å². The second kappa shape index (κ2) is 9.78. The van der Waals surface area contributed by atoms with Gasteiger partial charge in [0.2, 0.25) is 0 Å². The van der Waals surface area contributed by atoms with Gasteiger partial charge in [-0.3, -0.25) is 4.79 Å². The molecule has 0 saturated carbocycles. The minimum Gasteiger partial charge on any atom is -0.497 e. The molecule has 4 heteroatoms. The third kappa shape index (κ3) is 5.17. The second-order valence-electron chi connectivity index (χ2n) is 7.04. The Balaban J connectivity index is 1.93. The summed E-state index contributed by atoms with van der Waals surface area (Å²) in [5, 5.41) is 3.66. The number of anilines is 1. The lowest BCUT2D eigenvalue weighted by Crippen LogP contribution is -2.20. The molecule has 0 fully saturated rings. The summed E-state index contributed by atoms with van der Waals surface area (Å²) >= 11 is 0. The second-order valence-corrected chi connectivity index (χ2v) is 7.04. The summed E-state index contributed by atoms with van der Waals surface area (Å²) in [6.07, 6.45) is 0.613. The average molecular weight is 389 g/mol. The summed E-state index contributed by atoms with van der Waals surface area (Å²) in [5.41, 5.74) is 4.38. The van der Waals surface area contributed by atoms with Gasteiger partial charge in [0.15, 0.2) is 0 Å². The molecule has 3 aromatic carbocycles. The zero-order valence-electron chi connectivity index (χ0n) is 17.1. The van der Waals surface area contributed by atoms with E-state index in [0.29, 0.717) is 6.42 Å². The molecule has 3 aromatic rings. The molecule has 0 heterocycles. The van der Waals surface area contributed by atoms with E-state index in [1.165, 1.54) is 7.11 Å². The van der Waals surface area contributed by atoms with Crippen molar-refractivity contribution in [1.82, 2.24) is 0 Å². The Bertz CT molecular complexity index is 922. The van der Waals surface area contributed by atoms with Gasteiger partial charge in [0, 0.05) is 11.3 Å². The largest absolute Gasteiger partial charge is 0.497 e. The van der Waals surface area contributed by atoms with Crippen LogP contribution in [0.2, 0.25) is 0 Å². The van der Waals surface area contributed by atoms with Crippen LogP contribution in [0.25, 0.3) is 11.1 Å². The Morgan fingerprint density at radius 1 is 0.897 bits per heavy atom. The summed E-state index contributed by atoms with van der Waals surface area (Å²) in [4.78, 5) is 12.0. The van der Waals surface area contributed by atoms with Crippen molar-refractivity contribution in [3.63, 3.8) is 0 Å². The number of para-hydroxylation sites is 1. The molecule has 1 N–H and O–H groups in total. The molecule has 0 aliphatic heterocycles. The maximum absolute atomic E-state index is 12.0. The molecule has 0 aliphatic carbocycles. The zero-order valence-corrected chi connectivity index (χ0v) is 17.1. The predicted octanol–water partition coefficient (Wildman–Crippen LogP) is 5.71. The molecule has 4 nitrogen and oxygen atoms in total. The maximum atomic E-state index is 12.0. The van der Waals surface area contributed by atoms with E-state index in [0.717, 1.165) is 28.1 Å². The van der Waals surface area contributed by atoms with Crippen molar-refractivity contribution in [3.8, 4) is 16.9 Å². The van der Waals surface area contributed by atoms with E-state index in [9.17, 15) is 4.79 Å². The summed E-state index contributed by atoms with van der Waals surface area (Å²) in [7, 11) is 3.08. The van der Waals surface area contributed by atoms with Gasteiger partial charge in [0.25, 0.3) is 0 Å². The number of benzene rings is 3. The monoisotopic (exact) mass is 389 g/mol. The molecular weight excluding hydrogens is 362 g/mol. The van der Waals surface area contributed by atoms with Gasteiger partial charge in [0.05, 0.1) is 26.2 Å². The minimum atomic E-state index is -0.233. The Morgan fingerprint density at radius 2 is 1.55 bits per heavy atom. The van der Waals surface area contributed by atoms with Gasteiger partial charge < -0.3 is 14.8 Å². The van der Waals surface area contributed by atoms with E-state index in [2.05, 4.69) is 29.6 Å². The molecule has 0 aromatic heterocycles. The highest BCUT2D eigenvalue weighted by Gasteiger charge is 2.22. The van der Waals surface area contributed by atoms with Crippen LogP contribution in [0.5, 0.6) is 5.75 Å². The average Bonchev–Trinajstić information content (AvgIpc) is 2.79. The highest BCUT2D eigenvalue weighted by Crippen LogP contribution is 2.33. The van der Waals surface area contributed by atoms with Crippen molar-refractivity contribution in [3.05, 3.63) is 84.4 Å². The first-order valence-corrected chi connectivity index (χ1v) is 9.75. The molecule has 0 radical (unpaired) electrons. The first-order chi connectivity index (χ1) is 14.1. The van der Waals surface area contributed by atoms with Crippen LogP contribution in [0.4, 0.5) is 5.69 Å². The van der Waals surface area contributed by atoms with Crippen LogP contribution >= 0.6 is 0 Å². The zero-order chi connectivity index (χ0) is 20.6. The lowest BCUT2D eigenvalue weighted by molar-refractivity contribution is -0.145. The van der Waals surface area contributed by atoms with Crippen molar-refractivity contribution in [2.45, 2.75) is 19.4 Å². The quantitative estimate of drug-likeness (QED) is 0.501. The number of rotatable bonds is 8. The first kappa shape index (κ1) is 20.5. The summed E-state index contributed by atoms with van der Waals surface area (Å²) in [5.74, 6) is 0.364. The Hall–Kier alpha value is -3.27. The van der Waals surface area contributed by atoms with Crippen LogP contribution in [-0.4, -0.2) is 20.2 Å². The number of methoxy groups -OCH3 is 2. The molecule has 0 aliphatic rings. The lowest BCUT2D eigenvalue weighted by atomic mass is 9.94. The van der Waals surface area contributed by atoms with Gasteiger partial charge in [-0.15, -0.1) is 0 Å². The van der Waals surface area contributed by atoms with Crippen LogP contribution in [0, 0.1) is 5.92 Å². The molecule has 0 spiro atoms. The van der Waals surface area contributed by atoms with Gasteiger partial charge in [-0.1, -0.05) is 67.6 Å². The van der Waals surface area contributed by atoms with Crippen LogP contribution in [0.15, 0.2) is 78.9 Å². The summed E-state index contributed by atoms with van der Waals surface area (Å²) in [6.45, 7) is 1.90. The van der Waals surface area contributed by atoms with E-state index >= 15 is 0 Å². The normalized spacial score (nSPS) is 12.7. The number of nitrogens with one attached hydrogen (secondary N) is 1. The molecule has 29 heavy (non-hydrogen) atoms. The molecule has 2 atom stereocenters. The highest BCUT2D eigenvalue weighted by atomic mass is 16.5. The number of esters is 1. The van der Waals surface area contributed by atoms with Crippen LogP contribution in [0.3, 0.4) is 0 Å². The van der Waals surface area contributed by atoms with E-state index in [-0.39, 0.29) is 17.9 Å². The van der Waals surface area contributed by atoms with Crippen molar-refractivity contribution in [2.24, 2.45) is 5.92 Å². The predicted molar refractivity (Wildman–Crippen MR) is 117 cm³/mol. The van der Waals surface area contributed by atoms with E-state index in [1.54, 1.807) is 7.11 Å². The van der Waals surface area contributed by atoms with Gasteiger partial charge >= 0.3 is 5.97 Å². The number of carbonyl (C=O) groups is 1. The molecule has 0 bridgehead atoms. The fourth-order valence-corrected chi connectivity index (χ4v) is 3.43. The SMILES string of the molecule is COC(=O)[C@H](C)C[C@H](Nc1ccccc1-c1ccccc1)c1ccc(OC)cc1. The molecule has 3 rings (SSSR count).